The number of hydrogen-bond acceptors (Lipinski definition) is 4. The molecule has 37 heavy (non-hydrogen) atoms. The van der Waals surface area contributed by atoms with Gasteiger partial charge >= 0.3 is 5.97 Å². The van der Waals surface area contributed by atoms with Gasteiger partial charge < -0.3 is 13.6 Å². The molecule has 0 unspecified atom stereocenters. The van der Waals surface area contributed by atoms with Crippen LogP contribution in [-0.2, 0) is 0 Å². The van der Waals surface area contributed by atoms with Gasteiger partial charge in [-0.15, -0.1) is 0 Å². The van der Waals surface area contributed by atoms with E-state index in [9.17, 15) is 4.79 Å². The Morgan fingerprint density at radius 2 is 1.24 bits per heavy atom. The number of rotatable bonds is 12. The molecule has 0 heterocycles. The van der Waals surface area contributed by atoms with Gasteiger partial charge in [-0.1, -0.05) is 77.4 Å². The molecule has 0 saturated carbocycles. The Balaban J connectivity index is 2.30. The average molecular weight is 537 g/mol. The average Bonchev–Trinajstić information content (AvgIpc) is 2.92. The van der Waals surface area contributed by atoms with Gasteiger partial charge in [0.05, 0.1) is 0 Å². The van der Waals surface area contributed by atoms with Gasteiger partial charge in [-0.3, -0.25) is 0 Å². The molecule has 0 fully saturated rings. The topological polar surface area (TPSA) is 44.8 Å². The lowest BCUT2D eigenvalue weighted by molar-refractivity contribution is 0.0731. The summed E-state index contributed by atoms with van der Waals surface area (Å²) in [6, 6.07) is 21.9. The van der Waals surface area contributed by atoms with E-state index in [1.807, 2.05) is 37.3 Å². The Bertz CT molecular complexity index is 1210. The van der Waals surface area contributed by atoms with Crippen LogP contribution in [0, 0.1) is 13.8 Å². The zero-order chi connectivity index (χ0) is 27.2. The summed E-state index contributed by atoms with van der Waals surface area (Å²) in [6.07, 6.45) is 0. The summed E-state index contributed by atoms with van der Waals surface area (Å²) >= 11 is 0. The number of esters is 1. The van der Waals surface area contributed by atoms with Crippen LogP contribution in [0.5, 0.6) is 17.2 Å². The second-order valence-corrected chi connectivity index (χ2v) is 19.5. The number of para-hydroxylation sites is 1. The minimum absolute atomic E-state index is 0.403. The first-order valence-electron chi connectivity index (χ1n) is 13.9. The van der Waals surface area contributed by atoms with Gasteiger partial charge in [-0.25, -0.2) is 4.79 Å². The molecule has 3 rings (SSSR count). The van der Waals surface area contributed by atoms with Crippen LogP contribution in [0.25, 0.3) is 10.8 Å². The maximum absolute atomic E-state index is 13.8. The molecule has 200 valence electrons. The molecule has 0 amide bonds. The van der Waals surface area contributed by atoms with Crippen molar-refractivity contribution in [1.82, 2.24) is 0 Å². The largest absolute Gasteiger partial charge is 0.543 e. The van der Waals surface area contributed by atoms with E-state index in [0.717, 1.165) is 63.9 Å². The predicted molar refractivity (Wildman–Crippen MR) is 160 cm³/mol. The Morgan fingerprint density at radius 1 is 0.676 bits per heavy atom. The van der Waals surface area contributed by atoms with Crippen molar-refractivity contribution in [1.29, 1.82) is 0 Å². The lowest BCUT2D eigenvalue weighted by Crippen LogP contribution is -2.40. The first-order valence-corrected chi connectivity index (χ1v) is 19.0. The van der Waals surface area contributed by atoms with Crippen molar-refractivity contribution >= 4 is 33.4 Å². The molecule has 0 aliphatic rings. The Labute approximate surface area is 225 Å². The van der Waals surface area contributed by atoms with Crippen LogP contribution in [-0.4, -0.2) is 22.6 Å². The first kappa shape index (κ1) is 29.0. The molecule has 0 radical (unpaired) electrons. The normalized spacial score (nSPS) is 12.0. The highest BCUT2D eigenvalue weighted by Crippen LogP contribution is 2.42. The van der Waals surface area contributed by atoms with E-state index >= 15 is 0 Å². The van der Waals surface area contributed by atoms with E-state index in [1.54, 1.807) is 0 Å². The summed E-state index contributed by atoms with van der Waals surface area (Å²) < 4.78 is 19.9. The highest BCUT2D eigenvalue weighted by Gasteiger charge is 2.36. The van der Waals surface area contributed by atoms with Gasteiger partial charge in [0.15, 0.2) is 0 Å². The van der Waals surface area contributed by atoms with E-state index in [0.29, 0.717) is 17.1 Å². The highest BCUT2D eigenvalue weighted by molar-refractivity contribution is 6.75. The summed E-state index contributed by atoms with van der Waals surface area (Å²) in [6.45, 7) is 17.3. The van der Waals surface area contributed by atoms with Crippen LogP contribution in [0.3, 0.4) is 0 Å². The number of hydrogen-bond donors (Lipinski definition) is 0. The minimum Gasteiger partial charge on any atom is -0.543 e. The maximum atomic E-state index is 13.8. The van der Waals surface area contributed by atoms with Crippen molar-refractivity contribution in [2.45, 2.75) is 91.7 Å². The van der Waals surface area contributed by atoms with Gasteiger partial charge in [0.2, 0.25) is 0 Å². The van der Waals surface area contributed by atoms with Crippen LogP contribution < -0.4 is 13.6 Å². The number of aryl methyl sites for hydroxylation is 2. The fourth-order valence-electron chi connectivity index (χ4n) is 5.03. The summed E-state index contributed by atoms with van der Waals surface area (Å²) in [5.74, 6) is 1.58. The molecule has 0 aliphatic heterocycles. The third-order valence-electron chi connectivity index (χ3n) is 8.23. The highest BCUT2D eigenvalue weighted by atomic mass is 28.4. The van der Waals surface area contributed by atoms with Crippen molar-refractivity contribution < 1.29 is 18.4 Å². The summed E-state index contributed by atoms with van der Waals surface area (Å²) in [4.78, 5) is 13.8. The standard InChI is InChI=1S/C31H44O4Si2/c1-9-36(10-2,11-3)34-29-22-27(31(32)33-28-18-16-15-17-24(28)8)30(35-37(12-4,13-5)14-6)25-20-19-23(7)21-26(25)29/h15-22H,9-14H2,1-8H3. The molecule has 0 aromatic heterocycles. The maximum Gasteiger partial charge on any atom is 0.347 e. The molecule has 0 atom stereocenters. The molecule has 0 bridgehead atoms. The number of benzene rings is 3. The fourth-order valence-corrected chi connectivity index (χ4v) is 10.2. The molecule has 0 N–H and O–H groups in total. The van der Waals surface area contributed by atoms with E-state index < -0.39 is 22.6 Å². The predicted octanol–water partition coefficient (Wildman–Crippen LogP) is 9.44. The smallest absolute Gasteiger partial charge is 0.347 e. The minimum atomic E-state index is -2.09. The Hall–Kier alpha value is -2.58. The molecule has 6 heteroatoms. The van der Waals surface area contributed by atoms with Crippen molar-refractivity contribution in [3.63, 3.8) is 0 Å². The van der Waals surface area contributed by atoms with Crippen molar-refractivity contribution in [3.8, 4) is 17.2 Å². The molecule has 3 aromatic rings. The SMILES string of the molecule is CC[Si](CC)(CC)Oc1cc(C(=O)Oc2ccccc2C)c(O[Si](CC)(CC)CC)c2ccc(C)cc12. The Morgan fingerprint density at radius 3 is 1.81 bits per heavy atom. The zero-order valence-corrected chi connectivity index (χ0v) is 26.0. The van der Waals surface area contributed by atoms with Gasteiger partial charge in [0.25, 0.3) is 16.6 Å². The molecule has 0 saturated heterocycles. The summed E-state index contributed by atoms with van der Waals surface area (Å²) in [5, 5.41) is 1.94. The van der Waals surface area contributed by atoms with Crippen molar-refractivity contribution in [3.05, 3.63) is 65.2 Å². The van der Waals surface area contributed by atoms with E-state index in [2.05, 4.69) is 66.7 Å². The quantitative estimate of drug-likeness (QED) is 0.131. The zero-order valence-electron chi connectivity index (χ0n) is 24.0. The molecule has 0 aliphatic carbocycles. The van der Waals surface area contributed by atoms with Gasteiger partial charge in [-0.2, -0.15) is 0 Å². The van der Waals surface area contributed by atoms with E-state index in [-0.39, 0.29) is 0 Å². The monoisotopic (exact) mass is 536 g/mol. The van der Waals surface area contributed by atoms with Gasteiger partial charge in [0.1, 0.15) is 22.8 Å². The lowest BCUT2D eigenvalue weighted by atomic mass is 10.0. The number of carbonyl (C=O) groups excluding carboxylic acids is 1. The van der Waals surface area contributed by atoms with Crippen LogP contribution in [0.4, 0.5) is 0 Å². The second kappa shape index (κ2) is 12.3. The van der Waals surface area contributed by atoms with E-state index in [4.69, 9.17) is 13.6 Å². The lowest BCUT2D eigenvalue weighted by Gasteiger charge is -2.33. The van der Waals surface area contributed by atoms with E-state index in [1.165, 1.54) is 0 Å². The summed E-state index contributed by atoms with van der Waals surface area (Å²) in [7, 11) is -4.10. The molecule has 4 nitrogen and oxygen atoms in total. The second-order valence-electron chi connectivity index (χ2n) is 10.1. The van der Waals surface area contributed by atoms with Gasteiger partial charge in [-0.05, 0) is 73.9 Å². The number of fused-ring (bicyclic) bond motifs is 1. The third kappa shape index (κ3) is 6.12. The molecular weight excluding hydrogens is 493 g/mol. The molecule has 3 aromatic carbocycles. The fraction of sp³-hybridized carbons (Fsp3) is 0.452. The van der Waals surface area contributed by atoms with Crippen LogP contribution >= 0.6 is 0 Å². The van der Waals surface area contributed by atoms with Crippen LogP contribution in [0.15, 0.2) is 48.5 Å². The molecule has 0 spiro atoms. The van der Waals surface area contributed by atoms with Crippen LogP contribution in [0.1, 0.15) is 63.0 Å². The number of ether oxygens (including phenoxy) is 1. The third-order valence-corrected chi connectivity index (χ3v) is 17.3. The number of carbonyl (C=O) groups is 1. The van der Waals surface area contributed by atoms with Gasteiger partial charge in [0, 0.05) is 10.8 Å². The van der Waals surface area contributed by atoms with Crippen molar-refractivity contribution in [2.24, 2.45) is 0 Å². The van der Waals surface area contributed by atoms with Crippen molar-refractivity contribution in [2.75, 3.05) is 0 Å². The van der Waals surface area contributed by atoms with Crippen LogP contribution in [0.2, 0.25) is 36.3 Å². The Kier molecular flexibility index (Phi) is 9.65. The summed E-state index contributed by atoms with van der Waals surface area (Å²) in [5.41, 5.74) is 2.52. The first-order chi connectivity index (χ1) is 17.7. The molecular formula is C31H44O4Si2.